The van der Waals surface area contributed by atoms with Gasteiger partial charge in [-0.3, -0.25) is 0 Å². The Bertz CT molecular complexity index is 3650. The highest BCUT2D eigenvalue weighted by atomic mass is 16.3. The highest BCUT2D eigenvalue weighted by Gasteiger charge is 2.45. The molecule has 0 saturated carbocycles. The van der Waals surface area contributed by atoms with Gasteiger partial charge < -0.3 is 14.2 Å². The Hall–Kier alpha value is -8.08. The summed E-state index contributed by atoms with van der Waals surface area (Å²) in [4.78, 5) is 5.11. The van der Waals surface area contributed by atoms with Crippen molar-refractivity contribution in [1.29, 1.82) is 0 Å². The van der Waals surface area contributed by atoms with Crippen molar-refractivity contribution in [2.24, 2.45) is 0 Å². The first-order valence-corrected chi connectivity index (χ1v) is 21.5. The molecule has 0 fully saturated rings. The van der Waals surface area contributed by atoms with Crippen LogP contribution < -0.4 is 26.2 Å². The summed E-state index contributed by atoms with van der Waals surface area (Å²) in [6.07, 6.45) is 0. The van der Waals surface area contributed by atoms with Crippen molar-refractivity contribution in [1.82, 2.24) is 0 Å². The minimum Gasteiger partial charge on any atom is -0.456 e. The van der Waals surface area contributed by atoms with Gasteiger partial charge in [0.2, 0.25) is 0 Å². The lowest BCUT2D eigenvalue weighted by Crippen LogP contribution is -2.61. The number of fused-ring (bicyclic) bond motifs is 15. The maximum Gasteiger partial charge on any atom is 0.252 e. The second-order valence-electron chi connectivity index (χ2n) is 16.8. The van der Waals surface area contributed by atoms with Crippen LogP contribution in [-0.2, 0) is 0 Å². The molecular weight excluding hydrogens is 751 g/mol. The van der Waals surface area contributed by atoms with Gasteiger partial charge in [-0.25, -0.2) is 0 Å². The van der Waals surface area contributed by atoms with Crippen LogP contribution in [0.15, 0.2) is 217 Å². The van der Waals surface area contributed by atoms with E-state index in [2.05, 4.69) is 216 Å². The maximum atomic E-state index is 6.36. The van der Waals surface area contributed by atoms with Crippen molar-refractivity contribution in [3.05, 3.63) is 212 Å². The quantitative estimate of drug-likeness (QED) is 0.131. The summed E-state index contributed by atoms with van der Waals surface area (Å²) >= 11 is 0. The minimum atomic E-state index is -0.0361. The van der Waals surface area contributed by atoms with Gasteiger partial charge in [-0.15, -0.1) is 0 Å². The van der Waals surface area contributed by atoms with Gasteiger partial charge in [0, 0.05) is 55.7 Å². The molecule has 0 saturated heterocycles. The number of anilines is 6. The van der Waals surface area contributed by atoms with E-state index in [0.29, 0.717) is 0 Å². The number of nitrogens with zero attached hydrogens (tertiary/aromatic N) is 2. The molecule has 1 aromatic heterocycles. The maximum absolute atomic E-state index is 6.36. The van der Waals surface area contributed by atoms with E-state index in [-0.39, 0.29) is 6.71 Å². The predicted molar refractivity (Wildman–Crippen MR) is 263 cm³/mol. The molecule has 0 atom stereocenters. The molecule has 62 heavy (non-hydrogen) atoms. The average Bonchev–Trinajstić information content (AvgIpc) is 3.72. The van der Waals surface area contributed by atoms with Crippen LogP contribution >= 0.6 is 0 Å². The van der Waals surface area contributed by atoms with Crippen LogP contribution in [0.25, 0.3) is 76.2 Å². The Morgan fingerprint density at radius 2 is 0.806 bits per heavy atom. The molecule has 2 aliphatic rings. The summed E-state index contributed by atoms with van der Waals surface area (Å²) in [7, 11) is 0. The molecule has 0 radical (unpaired) electrons. The van der Waals surface area contributed by atoms with Gasteiger partial charge in [0.25, 0.3) is 6.71 Å². The van der Waals surface area contributed by atoms with Gasteiger partial charge in [0.05, 0.1) is 0 Å². The van der Waals surface area contributed by atoms with Crippen LogP contribution in [0.2, 0.25) is 0 Å². The third kappa shape index (κ3) is 4.66. The molecule has 0 aliphatic carbocycles. The number of hydrogen-bond acceptors (Lipinski definition) is 3. The fraction of sp³-hybridized carbons (Fsp3) is 0. The standard InChI is InChI=1S/C58H35BN2O/c1-3-15-40(16-4-1)60-52-34-39(38-25-32-55-49(33-38)46-21-11-12-22-54(46)62-55)35-53-56(52)59(50-30-28-44-42-19-9-7-13-36(42)23-26-47(44)57(50)60)51-31-29-45-43-20-10-8-14-37(43)24-27-48(45)58(51)61(53)41-17-5-2-6-18-41/h1-35H. The van der Waals surface area contributed by atoms with E-state index in [4.69, 9.17) is 4.42 Å². The molecule has 11 aromatic carbocycles. The molecule has 4 heteroatoms. The normalized spacial score (nSPS) is 13.1. The Kier molecular flexibility index (Phi) is 6.92. The Balaban J connectivity index is 1.16. The van der Waals surface area contributed by atoms with Crippen molar-refractivity contribution in [2.75, 3.05) is 9.80 Å². The molecule has 0 bridgehead atoms. The monoisotopic (exact) mass is 786 g/mol. The van der Waals surface area contributed by atoms with Crippen molar-refractivity contribution in [3.63, 3.8) is 0 Å². The predicted octanol–water partition coefficient (Wildman–Crippen LogP) is 13.9. The lowest BCUT2D eigenvalue weighted by molar-refractivity contribution is 0.669. The SMILES string of the molecule is c1ccc(N2c3cc(-c4ccc5oc6ccccc6c5c4)cc4c3B(c3ccc5c(ccc6ccccc65)c32)c2ccc3c(ccc5ccccc53)c2N4c2ccccc2)cc1. The topological polar surface area (TPSA) is 19.6 Å². The molecule has 0 amide bonds. The molecule has 14 rings (SSSR count). The van der Waals surface area contributed by atoms with E-state index < -0.39 is 0 Å². The van der Waals surface area contributed by atoms with Gasteiger partial charge in [-0.1, -0.05) is 158 Å². The molecule has 0 N–H and O–H groups in total. The molecular formula is C58H35BN2O. The number of benzene rings is 11. The van der Waals surface area contributed by atoms with Crippen molar-refractivity contribution in [2.45, 2.75) is 0 Å². The third-order valence-electron chi connectivity index (χ3n) is 13.6. The molecule has 286 valence electrons. The van der Waals surface area contributed by atoms with E-state index in [0.717, 1.165) is 44.4 Å². The summed E-state index contributed by atoms with van der Waals surface area (Å²) in [6.45, 7) is -0.0361. The number of hydrogen-bond donors (Lipinski definition) is 0. The Labute approximate surface area is 358 Å². The summed E-state index contributed by atoms with van der Waals surface area (Å²) < 4.78 is 6.36. The first-order valence-electron chi connectivity index (χ1n) is 21.5. The van der Waals surface area contributed by atoms with Gasteiger partial charge >= 0.3 is 0 Å². The number of rotatable bonds is 3. The Morgan fingerprint density at radius 1 is 0.323 bits per heavy atom. The first kappa shape index (κ1) is 33.7. The number of para-hydroxylation sites is 3. The number of furan rings is 1. The van der Waals surface area contributed by atoms with Gasteiger partial charge in [-0.05, 0) is 114 Å². The van der Waals surface area contributed by atoms with Crippen molar-refractivity contribution >= 4 is 122 Å². The highest BCUT2D eigenvalue weighted by Crippen LogP contribution is 2.50. The van der Waals surface area contributed by atoms with E-state index >= 15 is 0 Å². The average molecular weight is 787 g/mol. The van der Waals surface area contributed by atoms with Gasteiger partial charge in [0.1, 0.15) is 11.2 Å². The van der Waals surface area contributed by atoms with Gasteiger partial charge in [-0.2, -0.15) is 0 Å². The second-order valence-corrected chi connectivity index (χ2v) is 16.8. The first-order chi connectivity index (χ1) is 30.8. The van der Waals surface area contributed by atoms with Crippen LogP contribution in [0.4, 0.5) is 34.1 Å². The van der Waals surface area contributed by atoms with Crippen molar-refractivity contribution < 1.29 is 4.42 Å². The van der Waals surface area contributed by atoms with Crippen molar-refractivity contribution in [3.8, 4) is 11.1 Å². The largest absolute Gasteiger partial charge is 0.456 e. The third-order valence-corrected chi connectivity index (χ3v) is 13.6. The molecule has 12 aromatic rings. The summed E-state index contributed by atoms with van der Waals surface area (Å²) in [6, 6.07) is 78.4. The van der Waals surface area contributed by atoms with E-state index in [9.17, 15) is 0 Å². The second kappa shape index (κ2) is 12.7. The molecule has 0 spiro atoms. The summed E-state index contributed by atoms with van der Waals surface area (Å²) in [5.74, 6) is 0. The zero-order chi connectivity index (χ0) is 40.5. The fourth-order valence-electron chi connectivity index (χ4n) is 10.9. The summed E-state index contributed by atoms with van der Waals surface area (Å²) in [5, 5.41) is 12.3. The van der Waals surface area contributed by atoms with Crippen LogP contribution in [0.1, 0.15) is 0 Å². The molecule has 3 heterocycles. The van der Waals surface area contributed by atoms with Crippen LogP contribution in [0.3, 0.4) is 0 Å². The van der Waals surface area contributed by atoms with E-state index in [1.54, 1.807) is 0 Å². The van der Waals surface area contributed by atoms with Gasteiger partial charge in [0.15, 0.2) is 0 Å². The smallest absolute Gasteiger partial charge is 0.252 e. The lowest BCUT2D eigenvalue weighted by Gasteiger charge is -2.45. The summed E-state index contributed by atoms with van der Waals surface area (Å²) in [5.41, 5.74) is 15.1. The minimum absolute atomic E-state index is 0.0361. The lowest BCUT2D eigenvalue weighted by atomic mass is 9.33. The van der Waals surface area contributed by atoms with E-state index in [1.165, 1.54) is 82.2 Å². The zero-order valence-electron chi connectivity index (χ0n) is 33.6. The van der Waals surface area contributed by atoms with Crippen LogP contribution in [0, 0.1) is 0 Å². The highest BCUT2D eigenvalue weighted by molar-refractivity contribution is 7.00. The molecule has 2 aliphatic heterocycles. The van der Waals surface area contributed by atoms with Crippen LogP contribution in [-0.4, -0.2) is 6.71 Å². The zero-order valence-corrected chi connectivity index (χ0v) is 33.6. The molecule has 0 unspecified atom stereocenters. The Morgan fingerprint density at radius 3 is 1.39 bits per heavy atom. The molecule has 3 nitrogen and oxygen atoms in total. The van der Waals surface area contributed by atoms with Crippen LogP contribution in [0.5, 0.6) is 0 Å². The van der Waals surface area contributed by atoms with E-state index in [1.807, 2.05) is 6.07 Å². The fourth-order valence-corrected chi connectivity index (χ4v) is 10.9.